The second-order valence-corrected chi connectivity index (χ2v) is 9.07. The Kier molecular flexibility index (Phi) is 9.09. The Balaban J connectivity index is 1.74. The lowest BCUT2D eigenvalue weighted by atomic mass is 9.75. The standard InChI is InChI=1S/C27H34FNO6/c1-3-18-7-11-27(12-8-18,26(32)33)29-25(31)21-16-22(28)24(34-2)23(17-21)35-14-10-20-6-4-5-19(15-20)9-13-30/h4-6,15-18,30H,3,7-14H2,1-2H3,(H,29,31)(H,32,33). The zero-order valence-corrected chi connectivity index (χ0v) is 20.3. The maximum atomic E-state index is 14.8. The molecule has 7 nitrogen and oxygen atoms in total. The van der Waals surface area contributed by atoms with Gasteiger partial charge in [0.2, 0.25) is 0 Å². The van der Waals surface area contributed by atoms with E-state index in [0.717, 1.165) is 23.6 Å². The molecule has 0 spiro atoms. The first-order chi connectivity index (χ1) is 16.8. The van der Waals surface area contributed by atoms with Gasteiger partial charge in [-0.3, -0.25) is 4.79 Å². The summed E-state index contributed by atoms with van der Waals surface area (Å²) < 4.78 is 25.7. The van der Waals surface area contributed by atoms with Crippen LogP contribution in [-0.2, 0) is 17.6 Å². The van der Waals surface area contributed by atoms with Crippen LogP contribution in [0.2, 0.25) is 0 Å². The average Bonchev–Trinajstić information content (AvgIpc) is 2.84. The number of hydrogen-bond acceptors (Lipinski definition) is 5. The number of rotatable bonds is 11. The van der Waals surface area contributed by atoms with Gasteiger partial charge in [0.15, 0.2) is 17.3 Å². The highest BCUT2D eigenvalue weighted by molar-refractivity contribution is 5.98. The minimum absolute atomic E-state index is 0.0264. The number of aliphatic hydroxyl groups is 1. The summed E-state index contributed by atoms with van der Waals surface area (Å²) in [6, 6.07) is 10.2. The number of aliphatic carboxylic acids is 1. The topological polar surface area (TPSA) is 105 Å². The predicted molar refractivity (Wildman–Crippen MR) is 129 cm³/mol. The van der Waals surface area contributed by atoms with E-state index >= 15 is 0 Å². The number of hydrogen-bond donors (Lipinski definition) is 3. The van der Waals surface area contributed by atoms with Crippen molar-refractivity contribution in [2.24, 2.45) is 5.92 Å². The zero-order valence-electron chi connectivity index (χ0n) is 20.3. The summed E-state index contributed by atoms with van der Waals surface area (Å²) in [6.45, 7) is 2.35. The lowest BCUT2D eigenvalue weighted by Gasteiger charge is -2.37. The number of nitrogens with one attached hydrogen (secondary N) is 1. The summed E-state index contributed by atoms with van der Waals surface area (Å²) in [7, 11) is 1.31. The lowest BCUT2D eigenvalue weighted by Crippen LogP contribution is -2.56. The number of carboxylic acid groups (broad SMARTS) is 1. The van der Waals surface area contributed by atoms with E-state index in [1.54, 1.807) is 0 Å². The SMILES string of the molecule is CCC1CCC(NC(=O)c2cc(F)c(OC)c(OCCc3cccc(CCO)c3)c2)(C(=O)O)CC1. The van der Waals surface area contributed by atoms with Gasteiger partial charge in [-0.05, 0) is 61.3 Å². The lowest BCUT2D eigenvalue weighted by molar-refractivity contribution is -0.146. The van der Waals surface area contributed by atoms with Gasteiger partial charge in [0.25, 0.3) is 5.91 Å². The molecule has 3 rings (SSSR count). The van der Waals surface area contributed by atoms with Gasteiger partial charge in [-0.25, -0.2) is 9.18 Å². The van der Waals surface area contributed by atoms with E-state index in [2.05, 4.69) is 12.2 Å². The summed E-state index contributed by atoms with van der Waals surface area (Å²) in [5.74, 6) is -2.10. The fourth-order valence-corrected chi connectivity index (χ4v) is 4.61. The third-order valence-corrected chi connectivity index (χ3v) is 6.81. The van der Waals surface area contributed by atoms with Crippen molar-refractivity contribution in [2.75, 3.05) is 20.3 Å². The van der Waals surface area contributed by atoms with Crippen LogP contribution in [-0.4, -0.2) is 48.0 Å². The molecular formula is C27H34FNO6. The summed E-state index contributed by atoms with van der Waals surface area (Å²) in [5, 5.41) is 21.7. The largest absolute Gasteiger partial charge is 0.490 e. The molecule has 0 atom stereocenters. The fourth-order valence-electron chi connectivity index (χ4n) is 4.61. The summed E-state index contributed by atoms with van der Waals surface area (Å²) in [5.41, 5.74) is 0.615. The van der Waals surface area contributed by atoms with E-state index < -0.39 is 23.2 Å². The van der Waals surface area contributed by atoms with E-state index in [1.807, 2.05) is 24.3 Å². The molecule has 0 unspecified atom stereocenters. The van der Waals surface area contributed by atoms with Crippen LogP contribution in [0.1, 0.15) is 60.5 Å². The van der Waals surface area contributed by atoms with Crippen LogP contribution in [0.25, 0.3) is 0 Å². The number of methoxy groups -OCH3 is 1. The molecule has 1 aliphatic carbocycles. The molecule has 8 heteroatoms. The normalized spacial score (nSPS) is 19.7. The van der Waals surface area contributed by atoms with Crippen molar-refractivity contribution in [3.63, 3.8) is 0 Å². The van der Waals surface area contributed by atoms with Crippen LogP contribution in [0, 0.1) is 11.7 Å². The fraction of sp³-hybridized carbons (Fsp3) is 0.481. The van der Waals surface area contributed by atoms with Gasteiger partial charge in [-0.1, -0.05) is 37.6 Å². The number of halogens is 1. The molecule has 2 aromatic rings. The summed E-state index contributed by atoms with van der Waals surface area (Å²) >= 11 is 0. The Hall–Kier alpha value is -3.13. The van der Waals surface area contributed by atoms with E-state index in [4.69, 9.17) is 14.6 Å². The quantitative estimate of drug-likeness (QED) is 0.440. The van der Waals surface area contributed by atoms with Crippen molar-refractivity contribution < 1.29 is 33.7 Å². The molecule has 1 amide bonds. The van der Waals surface area contributed by atoms with Crippen molar-refractivity contribution in [2.45, 2.75) is 57.4 Å². The predicted octanol–water partition coefficient (Wildman–Crippen LogP) is 4.14. The molecule has 0 bridgehead atoms. The smallest absolute Gasteiger partial charge is 0.329 e. The van der Waals surface area contributed by atoms with E-state index in [9.17, 15) is 19.1 Å². The number of carbonyl (C=O) groups is 2. The molecule has 0 aromatic heterocycles. The van der Waals surface area contributed by atoms with Crippen LogP contribution < -0.4 is 14.8 Å². The maximum Gasteiger partial charge on any atom is 0.329 e. The zero-order chi connectivity index (χ0) is 25.4. The Labute approximate surface area is 205 Å². The maximum absolute atomic E-state index is 14.8. The van der Waals surface area contributed by atoms with Gasteiger partial charge < -0.3 is 25.0 Å². The van der Waals surface area contributed by atoms with Crippen LogP contribution >= 0.6 is 0 Å². The molecule has 0 aliphatic heterocycles. The summed E-state index contributed by atoms with van der Waals surface area (Å²) in [6.07, 6.45) is 4.17. The Morgan fingerprint density at radius 2 is 1.83 bits per heavy atom. The van der Waals surface area contributed by atoms with Crippen molar-refractivity contribution in [1.82, 2.24) is 5.32 Å². The van der Waals surface area contributed by atoms with Crippen molar-refractivity contribution in [3.05, 3.63) is 58.9 Å². The molecule has 1 fully saturated rings. The van der Waals surface area contributed by atoms with E-state index in [-0.39, 0.29) is 30.3 Å². The van der Waals surface area contributed by atoms with E-state index in [1.165, 1.54) is 13.2 Å². The number of aliphatic hydroxyl groups excluding tert-OH is 1. The van der Waals surface area contributed by atoms with Crippen molar-refractivity contribution in [1.29, 1.82) is 0 Å². The molecule has 0 saturated heterocycles. The minimum atomic E-state index is -1.36. The number of carbonyl (C=O) groups excluding carboxylic acids is 1. The van der Waals surface area contributed by atoms with Gasteiger partial charge >= 0.3 is 5.97 Å². The number of ether oxygens (including phenoxy) is 2. The molecule has 35 heavy (non-hydrogen) atoms. The highest BCUT2D eigenvalue weighted by Gasteiger charge is 2.43. The first kappa shape index (κ1) is 26.5. The van der Waals surface area contributed by atoms with Gasteiger partial charge in [0, 0.05) is 18.6 Å². The molecule has 0 radical (unpaired) electrons. The molecule has 1 saturated carbocycles. The molecule has 0 heterocycles. The van der Waals surface area contributed by atoms with Crippen molar-refractivity contribution >= 4 is 11.9 Å². The molecule has 190 valence electrons. The Bertz CT molecular complexity index is 1030. The highest BCUT2D eigenvalue weighted by atomic mass is 19.1. The van der Waals surface area contributed by atoms with Gasteiger partial charge in [-0.2, -0.15) is 0 Å². The second-order valence-electron chi connectivity index (χ2n) is 9.07. The summed E-state index contributed by atoms with van der Waals surface area (Å²) in [4.78, 5) is 25.1. The second kappa shape index (κ2) is 12.0. The van der Waals surface area contributed by atoms with Gasteiger partial charge in [0.1, 0.15) is 5.54 Å². The third kappa shape index (κ3) is 6.51. The molecule has 3 N–H and O–H groups in total. The van der Waals surface area contributed by atoms with Gasteiger partial charge in [-0.15, -0.1) is 0 Å². The van der Waals surface area contributed by atoms with Crippen LogP contribution in [0.3, 0.4) is 0 Å². The van der Waals surface area contributed by atoms with Crippen LogP contribution in [0.4, 0.5) is 4.39 Å². The van der Waals surface area contributed by atoms with Gasteiger partial charge in [0.05, 0.1) is 13.7 Å². The van der Waals surface area contributed by atoms with E-state index in [0.29, 0.717) is 44.4 Å². The Morgan fingerprint density at radius 1 is 1.14 bits per heavy atom. The Morgan fingerprint density at radius 3 is 2.43 bits per heavy atom. The molecule has 2 aromatic carbocycles. The monoisotopic (exact) mass is 487 g/mol. The highest BCUT2D eigenvalue weighted by Crippen LogP contribution is 2.35. The van der Waals surface area contributed by atoms with Crippen LogP contribution in [0.15, 0.2) is 36.4 Å². The average molecular weight is 488 g/mol. The number of benzene rings is 2. The minimum Gasteiger partial charge on any atom is -0.490 e. The third-order valence-electron chi connectivity index (χ3n) is 6.81. The van der Waals surface area contributed by atoms with Crippen molar-refractivity contribution in [3.8, 4) is 11.5 Å². The molecule has 1 aliphatic rings. The van der Waals surface area contributed by atoms with Crippen LogP contribution in [0.5, 0.6) is 11.5 Å². The number of amides is 1. The first-order valence-electron chi connectivity index (χ1n) is 12.1. The first-order valence-corrected chi connectivity index (χ1v) is 12.1. The number of carboxylic acids is 1. The molecular weight excluding hydrogens is 453 g/mol.